The minimum atomic E-state index is -0.381. The van der Waals surface area contributed by atoms with Crippen molar-refractivity contribution < 1.29 is 9.53 Å². The molecule has 0 radical (unpaired) electrons. The highest BCUT2D eigenvalue weighted by atomic mass is 32.1. The number of esters is 1. The number of ether oxygens (including phenoxy) is 1. The van der Waals surface area contributed by atoms with Gasteiger partial charge in [0.15, 0.2) is 0 Å². The van der Waals surface area contributed by atoms with Crippen LogP contribution in [-0.2, 0) is 11.3 Å². The Morgan fingerprint density at radius 3 is 2.46 bits per heavy atom. The second-order valence-corrected chi connectivity index (χ2v) is 7.56. The van der Waals surface area contributed by atoms with Gasteiger partial charge >= 0.3 is 5.97 Å². The van der Waals surface area contributed by atoms with Crippen LogP contribution in [0.1, 0.15) is 61.6 Å². The van der Waals surface area contributed by atoms with Gasteiger partial charge < -0.3 is 9.64 Å². The molecule has 0 aliphatic carbocycles. The first-order chi connectivity index (χ1) is 12.3. The number of rotatable bonds is 8. The van der Waals surface area contributed by atoms with E-state index in [1.165, 1.54) is 11.3 Å². The van der Waals surface area contributed by atoms with Gasteiger partial charge in [0.05, 0.1) is 12.0 Å². The van der Waals surface area contributed by atoms with Crippen LogP contribution < -0.4 is 5.56 Å². The van der Waals surface area contributed by atoms with E-state index in [2.05, 4.69) is 18.7 Å². The Morgan fingerprint density at radius 1 is 1.27 bits per heavy atom. The van der Waals surface area contributed by atoms with Gasteiger partial charge in [-0.2, -0.15) is 0 Å². The molecule has 2 heterocycles. The first-order valence-corrected chi connectivity index (χ1v) is 10.1. The summed E-state index contributed by atoms with van der Waals surface area (Å²) in [6, 6.07) is 0. The number of carbonyl (C=O) groups is 1. The molecule has 0 saturated carbocycles. The summed E-state index contributed by atoms with van der Waals surface area (Å²) in [6.45, 7) is 15.5. The summed E-state index contributed by atoms with van der Waals surface area (Å²) in [4.78, 5) is 33.5. The molecular formula is C19H29N3O3S. The average Bonchev–Trinajstić information content (AvgIpc) is 2.94. The van der Waals surface area contributed by atoms with Crippen LogP contribution in [0.15, 0.2) is 4.79 Å². The van der Waals surface area contributed by atoms with Crippen molar-refractivity contribution in [3.63, 3.8) is 0 Å². The molecule has 0 spiro atoms. The fraction of sp³-hybridized carbons (Fsp3) is 0.632. The minimum absolute atomic E-state index is 0.0600. The van der Waals surface area contributed by atoms with E-state index in [0.717, 1.165) is 25.5 Å². The summed E-state index contributed by atoms with van der Waals surface area (Å²) in [6.07, 6.45) is 0. The number of thiophene rings is 1. The molecule has 6 nitrogen and oxygen atoms in total. The molecule has 0 aromatic carbocycles. The zero-order chi connectivity index (χ0) is 19.4. The fourth-order valence-electron chi connectivity index (χ4n) is 3.06. The first kappa shape index (κ1) is 20.6. The second kappa shape index (κ2) is 8.77. The highest BCUT2D eigenvalue weighted by Gasteiger charge is 2.23. The Hall–Kier alpha value is -1.73. The number of carbonyl (C=O) groups excluding carboxylic acids is 1. The maximum atomic E-state index is 13.2. The average molecular weight is 380 g/mol. The van der Waals surface area contributed by atoms with Crippen LogP contribution >= 0.6 is 11.3 Å². The van der Waals surface area contributed by atoms with Crippen LogP contribution in [-0.4, -0.2) is 46.7 Å². The van der Waals surface area contributed by atoms with Crippen LogP contribution in [0.3, 0.4) is 0 Å². The third-order valence-electron chi connectivity index (χ3n) is 4.59. The van der Waals surface area contributed by atoms with E-state index in [9.17, 15) is 9.59 Å². The summed E-state index contributed by atoms with van der Waals surface area (Å²) in [5, 5.41) is 0.544. The quantitative estimate of drug-likeness (QED) is 0.658. The molecule has 2 aromatic rings. The molecule has 0 fully saturated rings. The van der Waals surface area contributed by atoms with E-state index < -0.39 is 0 Å². The number of aromatic nitrogens is 2. The number of nitrogens with zero attached hydrogens (tertiary/aromatic N) is 3. The van der Waals surface area contributed by atoms with Crippen molar-refractivity contribution in [2.75, 3.05) is 26.2 Å². The summed E-state index contributed by atoms with van der Waals surface area (Å²) < 4.78 is 6.90. The summed E-state index contributed by atoms with van der Waals surface area (Å²) in [7, 11) is 0. The summed E-state index contributed by atoms with van der Waals surface area (Å²) >= 11 is 1.25. The molecule has 0 aliphatic heterocycles. The molecule has 26 heavy (non-hydrogen) atoms. The zero-order valence-electron chi connectivity index (χ0n) is 16.6. The normalized spacial score (nSPS) is 11.7. The lowest BCUT2D eigenvalue weighted by Gasteiger charge is -2.21. The molecule has 2 rings (SSSR count). The molecule has 0 atom stereocenters. The van der Waals surface area contributed by atoms with Gasteiger partial charge in [-0.3, -0.25) is 9.36 Å². The predicted octanol–water partition coefficient (Wildman–Crippen LogP) is 3.41. The van der Waals surface area contributed by atoms with Crippen molar-refractivity contribution in [2.24, 2.45) is 0 Å². The molecule has 0 saturated heterocycles. The Balaban J connectivity index is 2.58. The van der Waals surface area contributed by atoms with Crippen molar-refractivity contribution in [3.05, 3.63) is 26.6 Å². The van der Waals surface area contributed by atoms with Gasteiger partial charge in [0.25, 0.3) is 5.56 Å². The van der Waals surface area contributed by atoms with E-state index in [1.807, 2.05) is 13.8 Å². The fourth-order valence-corrected chi connectivity index (χ4v) is 4.13. The third-order valence-corrected chi connectivity index (χ3v) is 5.76. The Bertz CT molecular complexity index is 835. The van der Waals surface area contributed by atoms with E-state index in [0.29, 0.717) is 33.8 Å². The molecule has 0 amide bonds. The summed E-state index contributed by atoms with van der Waals surface area (Å²) in [5.74, 6) is 0.511. The lowest BCUT2D eigenvalue weighted by Crippen LogP contribution is -2.33. The maximum Gasteiger partial charge on any atom is 0.348 e. The van der Waals surface area contributed by atoms with Gasteiger partial charge in [-0.1, -0.05) is 27.7 Å². The van der Waals surface area contributed by atoms with Crippen LogP contribution in [0.25, 0.3) is 10.2 Å². The Kier molecular flexibility index (Phi) is 6.94. The SMILES string of the molecule is CCOC(=O)c1sc2nc(C(C)C)n(CCN(CC)CC)c(=O)c2c1C. The molecule has 2 aromatic heterocycles. The molecule has 0 unspecified atom stereocenters. The lowest BCUT2D eigenvalue weighted by molar-refractivity contribution is 0.0531. The van der Waals surface area contributed by atoms with Crippen LogP contribution in [0, 0.1) is 6.92 Å². The van der Waals surface area contributed by atoms with Gasteiger partial charge in [-0.25, -0.2) is 9.78 Å². The third kappa shape index (κ3) is 3.99. The molecule has 0 N–H and O–H groups in total. The van der Waals surface area contributed by atoms with E-state index in [1.54, 1.807) is 18.4 Å². The molecule has 144 valence electrons. The van der Waals surface area contributed by atoms with E-state index in [-0.39, 0.29) is 17.4 Å². The van der Waals surface area contributed by atoms with Crippen molar-refractivity contribution in [3.8, 4) is 0 Å². The van der Waals surface area contributed by atoms with Crippen molar-refractivity contribution in [1.29, 1.82) is 0 Å². The predicted molar refractivity (Wildman–Crippen MR) is 106 cm³/mol. The monoisotopic (exact) mass is 379 g/mol. The number of hydrogen-bond donors (Lipinski definition) is 0. The maximum absolute atomic E-state index is 13.2. The van der Waals surface area contributed by atoms with E-state index >= 15 is 0 Å². The first-order valence-electron chi connectivity index (χ1n) is 9.28. The largest absolute Gasteiger partial charge is 0.462 e. The number of aryl methyl sites for hydroxylation is 1. The van der Waals surface area contributed by atoms with Gasteiger partial charge in [-0.05, 0) is 32.5 Å². The summed E-state index contributed by atoms with van der Waals surface area (Å²) in [5.41, 5.74) is 0.614. The van der Waals surface area contributed by atoms with Gasteiger partial charge in [0.1, 0.15) is 15.5 Å². The molecule has 7 heteroatoms. The standard InChI is InChI=1S/C19H29N3O3S/c1-7-21(8-2)10-11-22-16(12(4)5)20-17-14(18(22)23)13(6)15(26-17)19(24)25-9-3/h12H,7-11H2,1-6H3. The molecule has 0 aliphatic rings. The number of likely N-dealkylation sites (N-methyl/N-ethyl adjacent to an activating group) is 1. The minimum Gasteiger partial charge on any atom is -0.462 e. The number of hydrogen-bond acceptors (Lipinski definition) is 6. The van der Waals surface area contributed by atoms with E-state index in [4.69, 9.17) is 9.72 Å². The van der Waals surface area contributed by atoms with Crippen molar-refractivity contribution in [2.45, 2.75) is 54.0 Å². The Labute approximate surface area is 158 Å². The zero-order valence-corrected chi connectivity index (χ0v) is 17.4. The molecule has 0 bridgehead atoms. The Morgan fingerprint density at radius 2 is 1.92 bits per heavy atom. The highest BCUT2D eigenvalue weighted by molar-refractivity contribution is 7.20. The smallest absolute Gasteiger partial charge is 0.348 e. The highest BCUT2D eigenvalue weighted by Crippen LogP contribution is 2.29. The van der Waals surface area contributed by atoms with Gasteiger partial charge in [-0.15, -0.1) is 11.3 Å². The van der Waals surface area contributed by atoms with Crippen molar-refractivity contribution >= 4 is 27.5 Å². The lowest BCUT2D eigenvalue weighted by atomic mass is 10.1. The second-order valence-electron chi connectivity index (χ2n) is 6.57. The van der Waals surface area contributed by atoms with Gasteiger partial charge in [0, 0.05) is 19.0 Å². The molecular weight excluding hydrogens is 350 g/mol. The van der Waals surface area contributed by atoms with Crippen LogP contribution in [0.2, 0.25) is 0 Å². The number of fused-ring (bicyclic) bond motifs is 1. The topological polar surface area (TPSA) is 64.4 Å². The van der Waals surface area contributed by atoms with Crippen LogP contribution in [0.5, 0.6) is 0 Å². The van der Waals surface area contributed by atoms with Crippen LogP contribution in [0.4, 0.5) is 0 Å². The van der Waals surface area contributed by atoms with Crippen molar-refractivity contribution in [1.82, 2.24) is 14.5 Å². The van der Waals surface area contributed by atoms with Gasteiger partial charge in [0.2, 0.25) is 0 Å².